The molecule has 0 aromatic carbocycles. The van der Waals surface area contributed by atoms with E-state index in [1.165, 1.54) is 5.57 Å². The van der Waals surface area contributed by atoms with Crippen molar-refractivity contribution in [3.05, 3.63) is 54.1 Å². The molecule has 0 aliphatic carbocycles. The number of fused-ring (bicyclic) bond motifs is 2. The number of H-pyrrole nitrogens is 1. The molecule has 27 heavy (non-hydrogen) atoms. The number of amides is 1. The van der Waals surface area contributed by atoms with Crippen molar-refractivity contribution in [1.82, 2.24) is 15.0 Å². The smallest absolute Gasteiger partial charge is 0.233 e. The number of rotatable bonds is 4. The summed E-state index contributed by atoms with van der Waals surface area (Å²) in [6, 6.07) is 6.17. The lowest BCUT2D eigenvalue weighted by Crippen LogP contribution is -2.28. The number of ether oxygens (including phenoxy) is 1. The Morgan fingerprint density at radius 3 is 2.96 bits per heavy atom. The molecule has 0 saturated heterocycles. The summed E-state index contributed by atoms with van der Waals surface area (Å²) in [5.41, 5.74) is 6.01. The molecule has 0 saturated carbocycles. The third-order valence-corrected chi connectivity index (χ3v) is 5.31. The number of hydrogen-bond acceptors (Lipinski definition) is 4. The second-order valence-electron chi connectivity index (χ2n) is 6.99. The highest BCUT2D eigenvalue weighted by molar-refractivity contribution is 6.01. The quantitative estimate of drug-likeness (QED) is 0.725. The largest absolute Gasteiger partial charge is 0.377 e. The number of hydrogen-bond donors (Lipinski definition) is 1. The molecule has 2 aliphatic heterocycles. The standard InChI is InChI=1S/C21H20N4O2/c26-20-11-18-19(25(20)6-2-14-3-7-27-8-4-14)10-17(12-23-18)16-9-15-1-5-22-21(15)24-13-16/h1,3,5,9-10,12-13H,2,4,6-8,11H2,(H,22,24). The van der Waals surface area contributed by atoms with Gasteiger partial charge in [-0.2, -0.15) is 0 Å². The predicted octanol–water partition coefficient (Wildman–Crippen LogP) is 3.25. The first kappa shape index (κ1) is 16.2. The topological polar surface area (TPSA) is 71.1 Å². The van der Waals surface area contributed by atoms with Crippen LogP contribution in [0.1, 0.15) is 18.5 Å². The molecule has 6 heteroatoms. The zero-order valence-corrected chi connectivity index (χ0v) is 14.9. The summed E-state index contributed by atoms with van der Waals surface area (Å²) in [6.07, 6.45) is 9.92. The first-order valence-electron chi connectivity index (χ1n) is 9.26. The van der Waals surface area contributed by atoms with Crippen LogP contribution in [-0.4, -0.2) is 40.6 Å². The molecule has 0 unspecified atom stereocenters. The molecule has 1 amide bonds. The van der Waals surface area contributed by atoms with Crippen molar-refractivity contribution in [1.29, 1.82) is 0 Å². The molecule has 2 aliphatic rings. The predicted molar refractivity (Wildman–Crippen MR) is 104 cm³/mol. The third kappa shape index (κ3) is 3.02. The zero-order valence-electron chi connectivity index (χ0n) is 14.9. The van der Waals surface area contributed by atoms with Crippen LogP contribution >= 0.6 is 0 Å². The molecule has 5 heterocycles. The van der Waals surface area contributed by atoms with Crippen LogP contribution in [0.4, 0.5) is 5.69 Å². The Hall–Kier alpha value is -2.99. The van der Waals surface area contributed by atoms with Crippen molar-refractivity contribution < 1.29 is 9.53 Å². The van der Waals surface area contributed by atoms with Gasteiger partial charge in [0, 0.05) is 41.6 Å². The summed E-state index contributed by atoms with van der Waals surface area (Å²) >= 11 is 0. The molecule has 3 aromatic heterocycles. The van der Waals surface area contributed by atoms with Gasteiger partial charge in [-0.05, 0) is 31.0 Å². The molecule has 0 fully saturated rings. The normalized spacial score (nSPS) is 16.7. The van der Waals surface area contributed by atoms with Gasteiger partial charge in [0.15, 0.2) is 0 Å². The Labute approximate surface area is 156 Å². The molecule has 3 aromatic rings. The fraction of sp³-hybridized carbons (Fsp3) is 0.286. The average Bonchev–Trinajstić information content (AvgIpc) is 3.29. The maximum absolute atomic E-state index is 12.5. The van der Waals surface area contributed by atoms with E-state index in [1.807, 2.05) is 29.6 Å². The Morgan fingerprint density at radius 1 is 1.19 bits per heavy atom. The summed E-state index contributed by atoms with van der Waals surface area (Å²) in [6.45, 7) is 2.15. The van der Waals surface area contributed by atoms with E-state index < -0.39 is 0 Å². The van der Waals surface area contributed by atoms with Gasteiger partial charge in [0.05, 0.1) is 31.0 Å². The summed E-state index contributed by atoms with van der Waals surface area (Å²) in [7, 11) is 0. The maximum atomic E-state index is 12.5. The number of nitrogens with zero attached hydrogens (tertiary/aromatic N) is 3. The Kier molecular flexibility index (Phi) is 3.98. The second-order valence-corrected chi connectivity index (χ2v) is 6.99. The van der Waals surface area contributed by atoms with Crippen molar-refractivity contribution in [2.45, 2.75) is 19.3 Å². The first-order chi connectivity index (χ1) is 13.3. The highest BCUT2D eigenvalue weighted by Gasteiger charge is 2.28. The SMILES string of the molecule is O=C1Cc2ncc(-c3cnc4[nH]ccc4c3)cc2N1CCC1=CCOCC1. The number of carbonyl (C=O) groups excluding carboxylic acids is 1. The van der Waals surface area contributed by atoms with Crippen molar-refractivity contribution >= 4 is 22.6 Å². The van der Waals surface area contributed by atoms with E-state index in [0.717, 1.165) is 53.0 Å². The molecule has 136 valence electrons. The van der Waals surface area contributed by atoms with E-state index in [-0.39, 0.29) is 5.91 Å². The van der Waals surface area contributed by atoms with Gasteiger partial charge in [0.1, 0.15) is 5.65 Å². The fourth-order valence-electron chi connectivity index (χ4n) is 3.77. The number of carbonyl (C=O) groups is 1. The molecule has 0 radical (unpaired) electrons. The lowest BCUT2D eigenvalue weighted by Gasteiger charge is -2.20. The van der Waals surface area contributed by atoms with Crippen LogP contribution in [0.15, 0.2) is 48.4 Å². The Morgan fingerprint density at radius 2 is 2.07 bits per heavy atom. The van der Waals surface area contributed by atoms with E-state index in [4.69, 9.17) is 4.74 Å². The van der Waals surface area contributed by atoms with Gasteiger partial charge < -0.3 is 14.6 Å². The van der Waals surface area contributed by atoms with E-state index in [9.17, 15) is 4.79 Å². The number of nitrogens with one attached hydrogen (secondary N) is 1. The van der Waals surface area contributed by atoms with Crippen molar-refractivity contribution in [2.24, 2.45) is 0 Å². The fourth-order valence-corrected chi connectivity index (χ4v) is 3.77. The second kappa shape index (κ2) is 6.63. The number of anilines is 1. The molecule has 6 nitrogen and oxygen atoms in total. The zero-order chi connectivity index (χ0) is 18.2. The van der Waals surface area contributed by atoms with E-state index in [1.54, 1.807) is 0 Å². The van der Waals surface area contributed by atoms with Gasteiger partial charge in [-0.15, -0.1) is 0 Å². The Balaban J connectivity index is 1.43. The van der Waals surface area contributed by atoms with Gasteiger partial charge in [-0.1, -0.05) is 11.6 Å². The lowest BCUT2D eigenvalue weighted by atomic mass is 10.1. The van der Waals surface area contributed by atoms with Crippen LogP contribution in [0.5, 0.6) is 0 Å². The summed E-state index contributed by atoms with van der Waals surface area (Å²) in [5, 5.41) is 1.06. The number of aromatic nitrogens is 3. The van der Waals surface area contributed by atoms with Crippen LogP contribution in [-0.2, 0) is 16.0 Å². The summed E-state index contributed by atoms with van der Waals surface area (Å²) in [5.74, 6) is 0.126. The minimum Gasteiger partial charge on any atom is -0.377 e. The number of pyridine rings is 2. The van der Waals surface area contributed by atoms with Gasteiger partial charge in [-0.3, -0.25) is 9.78 Å². The lowest BCUT2D eigenvalue weighted by molar-refractivity contribution is -0.117. The highest BCUT2D eigenvalue weighted by atomic mass is 16.5. The molecule has 0 atom stereocenters. The molecular formula is C21H20N4O2. The minimum absolute atomic E-state index is 0.126. The molecule has 1 N–H and O–H groups in total. The van der Waals surface area contributed by atoms with Gasteiger partial charge in [0.25, 0.3) is 0 Å². The summed E-state index contributed by atoms with van der Waals surface area (Å²) < 4.78 is 5.36. The number of aromatic amines is 1. The first-order valence-corrected chi connectivity index (χ1v) is 9.26. The van der Waals surface area contributed by atoms with Crippen molar-refractivity contribution in [2.75, 3.05) is 24.7 Å². The van der Waals surface area contributed by atoms with Crippen LogP contribution in [0.3, 0.4) is 0 Å². The highest BCUT2D eigenvalue weighted by Crippen LogP contribution is 2.33. The van der Waals surface area contributed by atoms with Crippen LogP contribution < -0.4 is 4.90 Å². The monoisotopic (exact) mass is 360 g/mol. The van der Waals surface area contributed by atoms with E-state index in [0.29, 0.717) is 19.6 Å². The molecule has 5 rings (SSSR count). The van der Waals surface area contributed by atoms with Gasteiger partial charge >= 0.3 is 0 Å². The average molecular weight is 360 g/mol. The summed E-state index contributed by atoms with van der Waals surface area (Å²) in [4.78, 5) is 26.5. The van der Waals surface area contributed by atoms with Crippen molar-refractivity contribution in [3.63, 3.8) is 0 Å². The van der Waals surface area contributed by atoms with Crippen molar-refractivity contribution in [3.8, 4) is 11.1 Å². The molecule has 0 spiro atoms. The minimum atomic E-state index is 0.126. The molecular weight excluding hydrogens is 340 g/mol. The third-order valence-electron chi connectivity index (χ3n) is 5.31. The van der Waals surface area contributed by atoms with Crippen LogP contribution in [0.2, 0.25) is 0 Å². The van der Waals surface area contributed by atoms with Crippen LogP contribution in [0, 0.1) is 0 Å². The van der Waals surface area contributed by atoms with Crippen LogP contribution in [0.25, 0.3) is 22.2 Å². The van der Waals surface area contributed by atoms with Gasteiger partial charge in [-0.25, -0.2) is 4.98 Å². The molecule has 0 bridgehead atoms. The van der Waals surface area contributed by atoms with E-state index in [2.05, 4.69) is 33.2 Å². The van der Waals surface area contributed by atoms with Gasteiger partial charge in [0.2, 0.25) is 5.91 Å². The van der Waals surface area contributed by atoms with E-state index >= 15 is 0 Å². The Bertz CT molecular complexity index is 1050. The maximum Gasteiger partial charge on any atom is 0.233 e.